The molecule has 1 aromatic carbocycles. The lowest BCUT2D eigenvalue weighted by Gasteiger charge is -2.18. The van der Waals surface area contributed by atoms with Crippen LogP contribution in [0.5, 0.6) is 5.75 Å². The van der Waals surface area contributed by atoms with E-state index in [1.165, 1.54) is 18.6 Å². The fourth-order valence-corrected chi connectivity index (χ4v) is 2.63. The van der Waals surface area contributed by atoms with Gasteiger partial charge in [0.05, 0.1) is 6.61 Å². The van der Waals surface area contributed by atoms with Crippen molar-refractivity contribution in [2.45, 2.75) is 25.7 Å². The number of nitrogens with one attached hydrogen (secondary N) is 1. The first kappa shape index (κ1) is 19.7. The average molecular weight is 345 g/mol. The maximum Gasteiger partial charge on any atom is 0.222 e. The SMILES string of the molecule is CN(CCCOc1ccc(F)cc1)C(=O)CCC1CCNC1.Cl. The van der Waals surface area contributed by atoms with E-state index in [-0.39, 0.29) is 24.1 Å². The molecular weight excluding hydrogens is 319 g/mol. The quantitative estimate of drug-likeness (QED) is 0.737. The number of benzene rings is 1. The molecule has 6 heteroatoms. The van der Waals surface area contributed by atoms with Gasteiger partial charge in [0.2, 0.25) is 5.91 Å². The largest absolute Gasteiger partial charge is 0.494 e. The second-order valence-corrected chi connectivity index (χ2v) is 5.87. The van der Waals surface area contributed by atoms with Gasteiger partial charge in [-0.2, -0.15) is 0 Å². The van der Waals surface area contributed by atoms with Crippen molar-refractivity contribution in [3.05, 3.63) is 30.1 Å². The van der Waals surface area contributed by atoms with E-state index >= 15 is 0 Å². The van der Waals surface area contributed by atoms with E-state index in [4.69, 9.17) is 4.74 Å². The summed E-state index contributed by atoms with van der Waals surface area (Å²) in [7, 11) is 1.84. The van der Waals surface area contributed by atoms with Crippen molar-refractivity contribution < 1.29 is 13.9 Å². The van der Waals surface area contributed by atoms with E-state index in [9.17, 15) is 9.18 Å². The van der Waals surface area contributed by atoms with Crippen molar-refractivity contribution in [2.24, 2.45) is 5.92 Å². The van der Waals surface area contributed by atoms with E-state index in [0.29, 0.717) is 31.2 Å². The third kappa shape index (κ3) is 7.18. The monoisotopic (exact) mass is 344 g/mol. The lowest BCUT2D eigenvalue weighted by atomic mass is 10.0. The predicted octanol–water partition coefficient (Wildman–Crippen LogP) is 2.86. The molecule has 0 saturated carbocycles. The second-order valence-electron chi connectivity index (χ2n) is 5.87. The van der Waals surface area contributed by atoms with E-state index in [2.05, 4.69) is 5.32 Å². The third-order valence-electron chi connectivity index (χ3n) is 4.07. The topological polar surface area (TPSA) is 41.6 Å². The Bertz CT molecular complexity index is 464. The Morgan fingerprint density at radius 2 is 2.13 bits per heavy atom. The van der Waals surface area contributed by atoms with Crippen LogP contribution in [0.15, 0.2) is 24.3 Å². The van der Waals surface area contributed by atoms with E-state index in [1.807, 2.05) is 7.05 Å². The fourth-order valence-electron chi connectivity index (χ4n) is 2.63. The molecule has 0 bridgehead atoms. The molecule has 1 saturated heterocycles. The van der Waals surface area contributed by atoms with Gasteiger partial charge in [-0.25, -0.2) is 4.39 Å². The Morgan fingerprint density at radius 1 is 1.39 bits per heavy atom. The maximum absolute atomic E-state index is 12.8. The van der Waals surface area contributed by atoms with Crippen molar-refractivity contribution in [1.29, 1.82) is 0 Å². The molecule has 1 heterocycles. The zero-order valence-electron chi connectivity index (χ0n) is 13.6. The number of hydrogen-bond acceptors (Lipinski definition) is 3. The van der Waals surface area contributed by atoms with Crippen LogP contribution in [0.1, 0.15) is 25.7 Å². The molecule has 1 aliphatic heterocycles. The van der Waals surface area contributed by atoms with Crippen LogP contribution in [-0.4, -0.2) is 44.1 Å². The van der Waals surface area contributed by atoms with Crippen LogP contribution in [0.4, 0.5) is 4.39 Å². The molecule has 1 atom stereocenters. The zero-order valence-corrected chi connectivity index (χ0v) is 14.4. The highest BCUT2D eigenvalue weighted by Gasteiger charge is 2.17. The summed E-state index contributed by atoms with van der Waals surface area (Å²) in [6.45, 7) is 3.33. The molecule has 0 spiro atoms. The normalized spacial score (nSPS) is 16.7. The standard InChI is InChI=1S/C17H25FN2O2.ClH/c1-20(17(21)8-3-14-9-10-19-13-14)11-2-12-22-16-6-4-15(18)5-7-16;/h4-7,14,19H,2-3,8-13H2,1H3;1H. The minimum atomic E-state index is -0.268. The highest BCUT2D eigenvalue weighted by Crippen LogP contribution is 2.15. The minimum Gasteiger partial charge on any atom is -0.494 e. The summed E-state index contributed by atoms with van der Waals surface area (Å²) in [5.74, 6) is 1.24. The predicted molar refractivity (Wildman–Crippen MR) is 91.6 cm³/mol. The van der Waals surface area contributed by atoms with Crippen molar-refractivity contribution in [1.82, 2.24) is 10.2 Å². The molecule has 130 valence electrons. The number of nitrogens with zero attached hydrogens (tertiary/aromatic N) is 1. The van der Waals surface area contributed by atoms with Crippen LogP contribution < -0.4 is 10.1 Å². The van der Waals surface area contributed by atoms with Gasteiger partial charge in [-0.15, -0.1) is 12.4 Å². The third-order valence-corrected chi connectivity index (χ3v) is 4.07. The van der Waals surface area contributed by atoms with Gasteiger partial charge >= 0.3 is 0 Å². The van der Waals surface area contributed by atoms with Crippen LogP contribution in [0.2, 0.25) is 0 Å². The lowest BCUT2D eigenvalue weighted by molar-refractivity contribution is -0.130. The number of carbonyl (C=O) groups is 1. The first-order chi connectivity index (χ1) is 10.6. The smallest absolute Gasteiger partial charge is 0.222 e. The van der Waals surface area contributed by atoms with Crippen molar-refractivity contribution >= 4 is 18.3 Å². The van der Waals surface area contributed by atoms with Gasteiger partial charge in [0.1, 0.15) is 11.6 Å². The second kappa shape index (κ2) is 10.4. The fraction of sp³-hybridized carbons (Fsp3) is 0.588. The van der Waals surface area contributed by atoms with Gasteiger partial charge < -0.3 is 15.0 Å². The molecule has 23 heavy (non-hydrogen) atoms. The highest BCUT2D eigenvalue weighted by atomic mass is 35.5. The summed E-state index contributed by atoms with van der Waals surface area (Å²) in [6.07, 6.45) is 3.55. The van der Waals surface area contributed by atoms with Crippen LogP contribution in [0.25, 0.3) is 0 Å². The summed E-state index contributed by atoms with van der Waals surface area (Å²) < 4.78 is 18.3. The maximum atomic E-state index is 12.8. The number of amides is 1. The summed E-state index contributed by atoms with van der Waals surface area (Å²) in [5.41, 5.74) is 0. The molecule has 1 aliphatic rings. The van der Waals surface area contributed by atoms with Crippen molar-refractivity contribution in [3.63, 3.8) is 0 Å². The number of ether oxygens (including phenoxy) is 1. The van der Waals surface area contributed by atoms with Gasteiger partial charge in [-0.1, -0.05) is 0 Å². The van der Waals surface area contributed by atoms with Crippen molar-refractivity contribution in [2.75, 3.05) is 33.3 Å². The van der Waals surface area contributed by atoms with Gasteiger partial charge in [0.15, 0.2) is 0 Å². The van der Waals surface area contributed by atoms with Gasteiger partial charge in [-0.05, 0) is 62.5 Å². The van der Waals surface area contributed by atoms with Gasteiger partial charge in [0, 0.05) is 20.0 Å². The Labute approximate surface area is 143 Å². The Morgan fingerprint density at radius 3 is 2.78 bits per heavy atom. The van der Waals surface area contributed by atoms with Gasteiger partial charge in [0.25, 0.3) is 0 Å². The lowest BCUT2D eigenvalue weighted by Crippen LogP contribution is -2.29. The minimum absolute atomic E-state index is 0. The Hall–Kier alpha value is -1.33. The molecule has 2 rings (SSSR count). The molecule has 0 aliphatic carbocycles. The molecule has 0 aromatic heterocycles. The first-order valence-corrected chi connectivity index (χ1v) is 7.98. The Balaban J connectivity index is 0.00000264. The van der Waals surface area contributed by atoms with Gasteiger partial charge in [-0.3, -0.25) is 4.79 Å². The number of rotatable bonds is 8. The summed E-state index contributed by atoms with van der Waals surface area (Å²) >= 11 is 0. The highest BCUT2D eigenvalue weighted by molar-refractivity contribution is 5.85. The van der Waals surface area contributed by atoms with E-state index in [1.54, 1.807) is 17.0 Å². The number of carbonyl (C=O) groups excluding carboxylic acids is 1. The summed E-state index contributed by atoms with van der Waals surface area (Å²) in [5, 5.41) is 3.32. The molecular formula is C17H26ClFN2O2. The van der Waals surface area contributed by atoms with E-state index in [0.717, 1.165) is 25.9 Å². The Kier molecular flexibility index (Phi) is 8.95. The molecule has 4 nitrogen and oxygen atoms in total. The van der Waals surface area contributed by atoms with Crippen LogP contribution in [0, 0.1) is 11.7 Å². The zero-order chi connectivity index (χ0) is 15.8. The summed E-state index contributed by atoms with van der Waals surface area (Å²) in [4.78, 5) is 13.8. The van der Waals surface area contributed by atoms with Crippen LogP contribution >= 0.6 is 12.4 Å². The molecule has 0 radical (unpaired) electrons. The number of halogens is 2. The molecule has 1 amide bonds. The molecule has 1 fully saturated rings. The molecule has 1 N–H and O–H groups in total. The van der Waals surface area contributed by atoms with Crippen LogP contribution in [0.3, 0.4) is 0 Å². The first-order valence-electron chi connectivity index (χ1n) is 7.98. The van der Waals surface area contributed by atoms with Crippen LogP contribution in [-0.2, 0) is 4.79 Å². The van der Waals surface area contributed by atoms with Crippen molar-refractivity contribution in [3.8, 4) is 5.75 Å². The number of hydrogen-bond donors (Lipinski definition) is 1. The molecule has 1 aromatic rings. The summed E-state index contributed by atoms with van der Waals surface area (Å²) in [6, 6.07) is 5.98. The molecule has 1 unspecified atom stereocenters. The average Bonchev–Trinajstić information content (AvgIpc) is 3.04. The van der Waals surface area contributed by atoms with E-state index < -0.39 is 0 Å².